The Balaban J connectivity index is 2.30. The van der Waals surface area contributed by atoms with Crippen LogP contribution in [0, 0.1) is 5.92 Å². The summed E-state index contributed by atoms with van der Waals surface area (Å²) in [6.07, 6.45) is 1.09. The minimum atomic E-state index is 0.230. The Bertz CT molecular complexity index is 89.1. The zero-order chi connectivity index (χ0) is 6.69. The van der Waals surface area contributed by atoms with E-state index in [0.717, 1.165) is 12.2 Å². The van der Waals surface area contributed by atoms with Crippen molar-refractivity contribution in [1.82, 2.24) is 0 Å². The van der Waals surface area contributed by atoms with E-state index in [1.54, 1.807) is 0 Å². The summed E-state index contributed by atoms with van der Waals surface area (Å²) in [4.78, 5) is 0. The molecule has 0 amide bonds. The Hall–Kier alpha value is 0.270. The number of nitrogens with two attached hydrogens (primary N) is 1. The average Bonchev–Trinajstić information content (AvgIpc) is 1.89. The third kappa shape index (κ3) is 1.85. The number of thioether (sulfide) groups is 1. The van der Waals surface area contributed by atoms with Crippen LogP contribution < -0.4 is 5.73 Å². The second-order valence-electron chi connectivity index (χ2n) is 2.47. The molecular weight excluding hydrogens is 134 g/mol. The second-order valence-corrected chi connectivity index (χ2v) is 3.62. The molecule has 1 fully saturated rings. The first-order chi connectivity index (χ1) is 4.34. The third-order valence-electron chi connectivity index (χ3n) is 1.78. The van der Waals surface area contributed by atoms with Crippen molar-refractivity contribution in [3.8, 4) is 0 Å². The van der Waals surface area contributed by atoms with Crippen LogP contribution in [0.25, 0.3) is 0 Å². The quantitative estimate of drug-likeness (QED) is 0.551. The van der Waals surface area contributed by atoms with Crippen LogP contribution in [0.5, 0.6) is 0 Å². The predicted octanol–water partition coefficient (Wildman–Crippen LogP) is 0.0591. The van der Waals surface area contributed by atoms with Crippen LogP contribution in [0.4, 0.5) is 0 Å². The molecule has 1 aliphatic rings. The lowest BCUT2D eigenvalue weighted by atomic mass is 10.00. The lowest BCUT2D eigenvalue weighted by Crippen LogP contribution is -2.37. The van der Waals surface area contributed by atoms with Gasteiger partial charge >= 0.3 is 0 Å². The minimum Gasteiger partial charge on any atom is -0.396 e. The van der Waals surface area contributed by atoms with E-state index < -0.39 is 0 Å². The van der Waals surface area contributed by atoms with Crippen molar-refractivity contribution in [2.45, 2.75) is 12.5 Å². The van der Waals surface area contributed by atoms with Crippen LogP contribution in [0.15, 0.2) is 0 Å². The number of hydrogen-bond acceptors (Lipinski definition) is 3. The fourth-order valence-electron chi connectivity index (χ4n) is 1.03. The molecule has 0 aromatic heterocycles. The smallest absolute Gasteiger partial charge is 0.0474 e. The van der Waals surface area contributed by atoms with E-state index >= 15 is 0 Å². The van der Waals surface area contributed by atoms with Gasteiger partial charge in [0.1, 0.15) is 0 Å². The molecule has 0 aliphatic carbocycles. The molecule has 0 unspecified atom stereocenters. The molecule has 2 nitrogen and oxygen atoms in total. The molecule has 0 saturated carbocycles. The number of rotatable bonds is 1. The summed E-state index contributed by atoms with van der Waals surface area (Å²) in [5.74, 6) is 2.55. The molecule has 3 N–H and O–H groups in total. The lowest BCUT2D eigenvalue weighted by molar-refractivity contribution is 0.205. The summed E-state index contributed by atoms with van der Waals surface area (Å²) in [7, 11) is 0. The summed E-state index contributed by atoms with van der Waals surface area (Å²) in [5.41, 5.74) is 5.71. The SMILES string of the molecule is N[C@@H]1CSCC[C@@H]1CO. The molecule has 1 rings (SSSR count). The van der Waals surface area contributed by atoms with Crippen molar-refractivity contribution in [3.63, 3.8) is 0 Å². The van der Waals surface area contributed by atoms with Gasteiger partial charge in [-0.1, -0.05) is 0 Å². The highest BCUT2D eigenvalue weighted by Gasteiger charge is 2.20. The standard InChI is InChI=1S/C6H13NOS/c7-6-4-9-2-1-5(6)3-8/h5-6,8H,1-4,7H2/t5-,6-/m1/s1. The molecule has 3 heteroatoms. The van der Waals surface area contributed by atoms with E-state index in [2.05, 4.69) is 0 Å². The maximum absolute atomic E-state index is 8.77. The predicted molar refractivity (Wildman–Crippen MR) is 40.5 cm³/mol. The monoisotopic (exact) mass is 147 g/mol. The maximum atomic E-state index is 8.77. The summed E-state index contributed by atoms with van der Waals surface area (Å²) < 4.78 is 0. The highest BCUT2D eigenvalue weighted by Crippen LogP contribution is 2.20. The summed E-state index contributed by atoms with van der Waals surface area (Å²) in [6, 6.07) is 0.230. The second kappa shape index (κ2) is 3.44. The largest absolute Gasteiger partial charge is 0.396 e. The zero-order valence-corrected chi connectivity index (χ0v) is 6.23. The summed E-state index contributed by atoms with van der Waals surface area (Å²) >= 11 is 1.89. The van der Waals surface area contributed by atoms with E-state index in [0.29, 0.717) is 5.92 Å². The van der Waals surface area contributed by atoms with E-state index in [9.17, 15) is 0 Å². The Labute approximate surface area is 59.8 Å². The molecule has 0 bridgehead atoms. The van der Waals surface area contributed by atoms with Gasteiger partial charge in [-0.05, 0) is 18.1 Å². The van der Waals surface area contributed by atoms with Crippen molar-refractivity contribution < 1.29 is 5.11 Å². The average molecular weight is 147 g/mol. The van der Waals surface area contributed by atoms with Crippen molar-refractivity contribution in [2.24, 2.45) is 11.7 Å². The highest BCUT2D eigenvalue weighted by molar-refractivity contribution is 7.99. The Morgan fingerprint density at radius 3 is 2.89 bits per heavy atom. The van der Waals surface area contributed by atoms with Crippen molar-refractivity contribution >= 4 is 11.8 Å². The van der Waals surface area contributed by atoms with Gasteiger partial charge in [-0.3, -0.25) is 0 Å². The van der Waals surface area contributed by atoms with E-state index in [1.807, 2.05) is 11.8 Å². The van der Waals surface area contributed by atoms with Gasteiger partial charge in [-0.25, -0.2) is 0 Å². The molecule has 54 valence electrons. The molecular formula is C6H13NOS. The topological polar surface area (TPSA) is 46.2 Å². The molecule has 1 heterocycles. The highest BCUT2D eigenvalue weighted by atomic mass is 32.2. The zero-order valence-electron chi connectivity index (χ0n) is 5.42. The normalized spacial score (nSPS) is 36.7. The minimum absolute atomic E-state index is 0.230. The fourth-order valence-corrected chi connectivity index (χ4v) is 2.21. The first kappa shape index (κ1) is 7.38. The molecule has 0 aromatic rings. The van der Waals surface area contributed by atoms with Crippen molar-refractivity contribution in [1.29, 1.82) is 0 Å². The Kier molecular flexibility index (Phi) is 2.82. The van der Waals surface area contributed by atoms with Gasteiger partial charge in [0, 0.05) is 18.4 Å². The van der Waals surface area contributed by atoms with Crippen molar-refractivity contribution in [2.75, 3.05) is 18.1 Å². The number of hydrogen-bond donors (Lipinski definition) is 2. The van der Waals surface area contributed by atoms with Crippen LogP contribution in [-0.4, -0.2) is 29.3 Å². The van der Waals surface area contributed by atoms with Gasteiger partial charge in [-0.15, -0.1) is 0 Å². The first-order valence-electron chi connectivity index (χ1n) is 3.28. The van der Waals surface area contributed by atoms with Gasteiger partial charge < -0.3 is 10.8 Å². The fraction of sp³-hybridized carbons (Fsp3) is 1.00. The van der Waals surface area contributed by atoms with E-state index in [4.69, 9.17) is 10.8 Å². The molecule has 0 spiro atoms. The number of aliphatic hydroxyl groups excluding tert-OH is 1. The molecule has 1 aliphatic heterocycles. The van der Waals surface area contributed by atoms with Gasteiger partial charge in [0.2, 0.25) is 0 Å². The number of aliphatic hydroxyl groups is 1. The van der Waals surface area contributed by atoms with E-state index in [1.165, 1.54) is 5.75 Å². The molecule has 0 aromatic carbocycles. The molecule has 9 heavy (non-hydrogen) atoms. The van der Waals surface area contributed by atoms with Gasteiger partial charge in [0.25, 0.3) is 0 Å². The summed E-state index contributed by atoms with van der Waals surface area (Å²) in [6.45, 7) is 0.266. The van der Waals surface area contributed by atoms with Crippen LogP contribution in [-0.2, 0) is 0 Å². The molecule has 2 atom stereocenters. The maximum Gasteiger partial charge on any atom is 0.0474 e. The van der Waals surface area contributed by atoms with Crippen molar-refractivity contribution in [3.05, 3.63) is 0 Å². The molecule has 0 radical (unpaired) electrons. The van der Waals surface area contributed by atoms with Crippen LogP contribution in [0.3, 0.4) is 0 Å². The van der Waals surface area contributed by atoms with E-state index in [-0.39, 0.29) is 12.6 Å². The van der Waals surface area contributed by atoms with Gasteiger partial charge in [0.05, 0.1) is 0 Å². The lowest BCUT2D eigenvalue weighted by Gasteiger charge is -2.25. The Morgan fingerprint density at radius 2 is 2.44 bits per heavy atom. The molecule has 1 saturated heterocycles. The van der Waals surface area contributed by atoms with Crippen LogP contribution in [0.1, 0.15) is 6.42 Å². The summed E-state index contributed by atoms with van der Waals surface area (Å²) in [5, 5.41) is 8.77. The van der Waals surface area contributed by atoms with Gasteiger partial charge in [-0.2, -0.15) is 11.8 Å². The van der Waals surface area contributed by atoms with Crippen LogP contribution >= 0.6 is 11.8 Å². The van der Waals surface area contributed by atoms with Crippen LogP contribution in [0.2, 0.25) is 0 Å². The van der Waals surface area contributed by atoms with Gasteiger partial charge in [0.15, 0.2) is 0 Å². The Morgan fingerprint density at radius 1 is 1.67 bits per heavy atom. The third-order valence-corrected chi connectivity index (χ3v) is 2.93. The first-order valence-corrected chi connectivity index (χ1v) is 4.44.